The van der Waals surface area contributed by atoms with Crippen molar-refractivity contribution in [2.45, 2.75) is 43.8 Å². The van der Waals surface area contributed by atoms with Gasteiger partial charge in [-0.2, -0.15) is 0 Å². The molecule has 3 N–H and O–H groups in total. The number of nitrogens with two attached hydrogens (primary N) is 1. The highest BCUT2D eigenvalue weighted by atomic mass is 15.3. The second kappa shape index (κ2) is 4.13. The maximum atomic E-state index is 5.90. The Morgan fingerprint density at radius 2 is 2.33 bits per heavy atom. The third-order valence-electron chi connectivity index (χ3n) is 3.71. The zero-order valence-corrected chi connectivity index (χ0v) is 9.50. The van der Waals surface area contributed by atoms with E-state index in [-0.39, 0.29) is 5.54 Å². The van der Waals surface area contributed by atoms with Gasteiger partial charge in [0.15, 0.2) is 0 Å². The van der Waals surface area contributed by atoms with Gasteiger partial charge in [-0.15, -0.1) is 6.42 Å². The van der Waals surface area contributed by atoms with E-state index in [0.29, 0.717) is 19.1 Å². The van der Waals surface area contributed by atoms with Gasteiger partial charge in [0.25, 0.3) is 0 Å². The largest absolute Gasteiger partial charge is 0.329 e. The van der Waals surface area contributed by atoms with Crippen LogP contribution >= 0.6 is 0 Å². The summed E-state index contributed by atoms with van der Waals surface area (Å²) >= 11 is 0. The average molecular weight is 207 g/mol. The predicted octanol–water partition coefficient (Wildman–Crippen LogP) is 0.163. The molecule has 3 heteroatoms. The number of likely N-dealkylation sites (tertiary alicyclic amines) is 1. The second-order valence-corrected chi connectivity index (χ2v) is 5.00. The third-order valence-corrected chi connectivity index (χ3v) is 3.71. The lowest BCUT2D eigenvalue weighted by molar-refractivity contribution is 0.243. The molecule has 3 nitrogen and oxygen atoms in total. The minimum Gasteiger partial charge on any atom is -0.329 e. The van der Waals surface area contributed by atoms with Gasteiger partial charge in [-0.05, 0) is 26.2 Å². The lowest BCUT2D eigenvalue weighted by Gasteiger charge is -2.28. The molecule has 1 heterocycles. The predicted molar refractivity (Wildman–Crippen MR) is 62.4 cm³/mol. The molecular formula is C12H21N3. The molecule has 2 atom stereocenters. The van der Waals surface area contributed by atoms with Crippen LogP contribution in [0.4, 0.5) is 0 Å². The molecule has 1 saturated heterocycles. The molecule has 2 aliphatic rings. The van der Waals surface area contributed by atoms with Gasteiger partial charge in [0, 0.05) is 30.7 Å². The average Bonchev–Trinajstić information content (AvgIpc) is 3.02. The fraction of sp³-hybridized carbons (Fsp3) is 0.833. The fourth-order valence-corrected chi connectivity index (χ4v) is 2.73. The summed E-state index contributed by atoms with van der Waals surface area (Å²) in [5, 5.41) is 3.43. The first-order valence-electron chi connectivity index (χ1n) is 5.85. The van der Waals surface area contributed by atoms with Crippen molar-refractivity contribution in [3.63, 3.8) is 0 Å². The number of nitrogens with one attached hydrogen (secondary N) is 1. The Labute approximate surface area is 92.4 Å². The smallest absolute Gasteiger partial charge is 0.0578 e. The van der Waals surface area contributed by atoms with Gasteiger partial charge < -0.3 is 5.73 Å². The fourth-order valence-electron chi connectivity index (χ4n) is 2.73. The summed E-state index contributed by atoms with van der Waals surface area (Å²) in [4.78, 5) is 2.59. The van der Waals surface area contributed by atoms with Crippen molar-refractivity contribution in [1.82, 2.24) is 10.2 Å². The van der Waals surface area contributed by atoms with Crippen molar-refractivity contribution >= 4 is 0 Å². The van der Waals surface area contributed by atoms with Crippen LogP contribution in [0.25, 0.3) is 0 Å². The van der Waals surface area contributed by atoms with Crippen molar-refractivity contribution in [2.75, 3.05) is 19.6 Å². The van der Waals surface area contributed by atoms with Gasteiger partial charge in [-0.3, -0.25) is 10.2 Å². The van der Waals surface area contributed by atoms with Gasteiger partial charge in [0.2, 0.25) is 0 Å². The van der Waals surface area contributed by atoms with E-state index in [2.05, 4.69) is 23.1 Å². The lowest BCUT2D eigenvalue weighted by atomic mass is 9.96. The first-order valence-corrected chi connectivity index (χ1v) is 5.85. The SMILES string of the molecule is C#CCNC1(CN)CC(C)N(C2CC2)C1. The normalized spacial score (nSPS) is 36.7. The molecule has 15 heavy (non-hydrogen) atoms. The topological polar surface area (TPSA) is 41.3 Å². The Bertz CT molecular complexity index is 267. The van der Waals surface area contributed by atoms with E-state index >= 15 is 0 Å². The van der Waals surface area contributed by atoms with Crippen LogP contribution < -0.4 is 11.1 Å². The lowest BCUT2D eigenvalue weighted by Crippen LogP contribution is -2.53. The number of hydrogen-bond acceptors (Lipinski definition) is 3. The van der Waals surface area contributed by atoms with Crippen molar-refractivity contribution in [3.05, 3.63) is 0 Å². The molecule has 2 rings (SSSR count). The van der Waals surface area contributed by atoms with E-state index in [1.165, 1.54) is 12.8 Å². The monoisotopic (exact) mass is 207 g/mol. The summed E-state index contributed by atoms with van der Waals surface area (Å²) in [6.45, 7) is 4.68. The van der Waals surface area contributed by atoms with E-state index in [9.17, 15) is 0 Å². The summed E-state index contributed by atoms with van der Waals surface area (Å²) < 4.78 is 0. The molecule has 1 saturated carbocycles. The Kier molecular flexibility index (Phi) is 3.01. The van der Waals surface area contributed by atoms with Crippen LogP contribution in [-0.4, -0.2) is 42.2 Å². The molecule has 84 valence electrons. The summed E-state index contributed by atoms with van der Waals surface area (Å²) in [5.74, 6) is 2.64. The van der Waals surface area contributed by atoms with Crippen molar-refractivity contribution < 1.29 is 0 Å². The quantitative estimate of drug-likeness (QED) is 0.645. The maximum Gasteiger partial charge on any atom is 0.0578 e. The molecule has 1 aliphatic carbocycles. The Morgan fingerprint density at radius 1 is 1.60 bits per heavy atom. The van der Waals surface area contributed by atoms with Gasteiger partial charge in [0.1, 0.15) is 0 Å². The van der Waals surface area contributed by atoms with Crippen LogP contribution in [0.1, 0.15) is 26.2 Å². The molecule has 0 bridgehead atoms. The van der Waals surface area contributed by atoms with Crippen molar-refractivity contribution in [2.24, 2.45) is 5.73 Å². The molecule has 0 aromatic rings. The Hall–Kier alpha value is -0.560. The van der Waals surface area contributed by atoms with Crippen LogP contribution in [0.5, 0.6) is 0 Å². The molecule has 0 radical (unpaired) electrons. The first kappa shape index (κ1) is 10.9. The zero-order chi connectivity index (χ0) is 10.9. The summed E-state index contributed by atoms with van der Waals surface area (Å²) in [5.41, 5.74) is 5.96. The second-order valence-electron chi connectivity index (χ2n) is 5.00. The Morgan fingerprint density at radius 3 is 2.87 bits per heavy atom. The molecule has 0 spiro atoms. The van der Waals surface area contributed by atoms with Gasteiger partial charge in [-0.1, -0.05) is 5.92 Å². The van der Waals surface area contributed by atoms with Crippen LogP contribution in [0.2, 0.25) is 0 Å². The Balaban J connectivity index is 1.99. The first-order chi connectivity index (χ1) is 7.21. The van der Waals surface area contributed by atoms with Crippen LogP contribution in [-0.2, 0) is 0 Å². The maximum absolute atomic E-state index is 5.90. The van der Waals surface area contributed by atoms with E-state index in [0.717, 1.165) is 19.0 Å². The summed E-state index contributed by atoms with van der Waals surface area (Å²) in [6, 6.07) is 1.47. The minimum atomic E-state index is 0.0639. The van der Waals surface area contributed by atoms with Crippen molar-refractivity contribution in [1.29, 1.82) is 0 Å². The van der Waals surface area contributed by atoms with Crippen LogP contribution in [0.3, 0.4) is 0 Å². The molecule has 1 aliphatic heterocycles. The number of rotatable bonds is 4. The minimum absolute atomic E-state index is 0.0639. The zero-order valence-electron chi connectivity index (χ0n) is 9.50. The molecule has 0 aromatic carbocycles. The van der Waals surface area contributed by atoms with Gasteiger partial charge in [-0.25, -0.2) is 0 Å². The van der Waals surface area contributed by atoms with Crippen LogP contribution in [0, 0.1) is 12.3 Å². The van der Waals surface area contributed by atoms with Gasteiger partial charge in [0.05, 0.1) is 6.54 Å². The van der Waals surface area contributed by atoms with E-state index in [1.807, 2.05) is 0 Å². The number of hydrogen-bond donors (Lipinski definition) is 2. The highest BCUT2D eigenvalue weighted by Crippen LogP contribution is 2.36. The highest BCUT2D eigenvalue weighted by Gasteiger charge is 2.45. The third kappa shape index (κ3) is 2.17. The number of terminal acetylenes is 1. The molecular weight excluding hydrogens is 186 g/mol. The molecule has 2 fully saturated rings. The van der Waals surface area contributed by atoms with E-state index in [4.69, 9.17) is 12.2 Å². The number of nitrogens with zero attached hydrogens (tertiary/aromatic N) is 1. The van der Waals surface area contributed by atoms with Gasteiger partial charge >= 0.3 is 0 Å². The highest BCUT2D eigenvalue weighted by molar-refractivity contribution is 5.07. The molecule has 0 amide bonds. The van der Waals surface area contributed by atoms with E-state index in [1.54, 1.807) is 0 Å². The standard InChI is InChI=1S/C12H21N3/c1-3-6-14-12(8-13)7-10(2)15(9-12)11-4-5-11/h1,10-11,14H,4-9,13H2,2H3. The van der Waals surface area contributed by atoms with E-state index < -0.39 is 0 Å². The summed E-state index contributed by atoms with van der Waals surface area (Å²) in [6.07, 6.45) is 9.14. The van der Waals surface area contributed by atoms with Crippen molar-refractivity contribution in [3.8, 4) is 12.3 Å². The molecule has 0 aromatic heterocycles. The van der Waals surface area contributed by atoms with Crippen LogP contribution in [0.15, 0.2) is 0 Å². The molecule has 2 unspecified atom stereocenters. The summed E-state index contributed by atoms with van der Waals surface area (Å²) in [7, 11) is 0.